The summed E-state index contributed by atoms with van der Waals surface area (Å²) in [5, 5.41) is 3.06. The number of methoxy groups -OCH3 is 1. The van der Waals surface area contributed by atoms with Crippen LogP contribution in [0, 0.1) is 0 Å². The summed E-state index contributed by atoms with van der Waals surface area (Å²) in [6.45, 7) is 0. The monoisotopic (exact) mass is 455 g/mol. The van der Waals surface area contributed by atoms with Gasteiger partial charge in [0.05, 0.1) is 18.2 Å². The van der Waals surface area contributed by atoms with E-state index in [0.29, 0.717) is 28.1 Å². The molecule has 5 rings (SSSR count). The molecule has 1 unspecified atom stereocenters. The maximum absolute atomic E-state index is 13.1. The first-order chi connectivity index (χ1) is 16.2. The smallest absolute Gasteiger partial charge is 0.257 e. The van der Waals surface area contributed by atoms with Crippen molar-refractivity contribution in [2.75, 3.05) is 12.4 Å². The normalized spacial score (nSPS) is 14.5. The highest BCUT2D eigenvalue weighted by molar-refractivity contribution is 7.99. The number of fused-ring (bicyclic) bond motifs is 1. The highest BCUT2D eigenvalue weighted by atomic mass is 32.2. The third-order valence-electron chi connectivity index (χ3n) is 5.60. The number of para-hydroxylation sites is 1. The van der Waals surface area contributed by atoms with Crippen LogP contribution in [-0.2, 0) is 5.75 Å². The Labute approximate surface area is 195 Å². The lowest BCUT2D eigenvalue weighted by Gasteiger charge is -2.12. The SMILES string of the molecule is COc1ccccc1C(=O)c1cccc(NC(=O)c2ccn3c2CSC3c2cccnc2)c1. The lowest BCUT2D eigenvalue weighted by Crippen LogP contribution is -2.14. The van der Waals surface area contributed by atoms with Gasteiger partial charge in [-0.05, 0) is 36.4 Å². The zero-order valence-electron chi connectivity index (χ0n) is 17.9. The largest absolute Gasteiger partial charge is 0.496 e. The van der Waals surface area contributed by atoms with Crippen molar-refractivity contribution in [2.45, 2.75) is 11.1 Å². The molecule has 0 radical (unpaired) electrons. The minimum Gasteiger partial charge on any atom is -0.496 e. The highest BCUT2D eigenvalue weighted by Crippen LogP contribution is 2.42. The Balaban J connectivity index is 1.36. The van der Waals surface area contributed by atoms with Gasteiger partial charge in [0, 0.05) is 46.9 Å². The third kappa shape index (κ3) is 4.03. The second-order valence-corrected chi connectivity index (χ2v) is 8.67. The number of benzene rings is 2. The predicted octanol–water partition coefficient (Wildman–Crippen LogP) is 5.17. The van der Waals surface area contributed by atoms with Crippen LogP contribution < -0.4 is 10.1 Å². The number of pyridine rings is 1. The lowest BCUT2D eigenvalue weighted by molar-refractivity contribution is 0.101. The van der Waals surface area contributed by atoms with Gasteiger partial charge in [0.2, 0.25) is 0 Å². The van der Waals surface area contributed by atoms with Gasteiger partial charge in [-0.25, -0.2) is 0 Å². The zero-order valence-corrected chi connectivity index (χ0v) is 18.7. The Bertz CT molecular complexity index is 1330. The van der Waals surface area contributed by atoms with Crippen molar-refractivity contribution in [1.82, 2.24) is 9.55 Å². The van der Waals surface area contributed by atoms with E-state index in [2.05, 4.69) is 14.9 Å². The number of carbonyl (C=O) groups excluding carboxylic acids is 2. The Morgan fingerprint density at radius 2 is 1.94 bits per heavy atom. The molecule has 6 nitrogen and oxygen atoms in total. The van der Waals surface area contributed by atoms with Crippen LogP contribution in [0.15, 0.2) is 85.3 Å². The van der Waals surface area contributed by atoms with Gasteiger partial charge in [-0.3, -0.25) is 14.6 Å². The maximum Gasteiger partial charge on any atom is 0.257 e. The van der Waals surface area contributed by atoms with Crippen molar-refractivity contribution in [3.63, 3.8) is 0 Å². The van der Waals surface area contributed by atoms with Crippen LogP contribution in [0.1, 0.15) is 42.9 Å². The molecular formula is C26H21N3O3S. The quantitative estimate of drug-likeness (QED) is 0.406. The Morgan fingerprint density at radius 3 is 2.76 bits per heavy atom. The van der Waals surface area contributed by atoms with Crippen LogP contribution in [-0.4, -0.2) is 28.4 Å². The van der Waals surface area contributed by atoms with Crippen molar-refractivity contribution in [2.24, 2.45) is 0 Å². The molecule has 0 spiro atoms. The number of carbonyl (C=O) groups is 2. The number of ether oxygens (including phenoxy) is 1. The molecule has 33 heavy (non-hydrogen) atoms. The molecule has 1 aliphatic heterocycles. The van der Waals surface area contributed by atoms with Gasteiger partial charge in [0.15, 0.2) is 5.78 Å². The van der Waals surface area contributed by atoms with E-state index in [4.69, 9.17) is 4.74 Å². The summed E-state index contributed by atoms with van der Waals surface area (Å²) in [7, 11) is 1.54. The number of amides is 1. The number of aromatic nitrogens is 2. The molecule has 2 aromatic heterocycles. The van der Waals surface area contributed by atoms with Crippen LogP contribution in [0.5, 0.6) is 5.75 Å². The fourth-order valence-electron chi connectivity index (χ4n) is 4.00. The second kappa shape index (κ2) is 8.96. The molecule has 0 saturated heterocycles. The summed E-state index contributed by atoms with van der Waals surface area (Å²) in [6.07, 6.45) is 5.56. The van der Waals surface area contributed by atoms with E-state index in [1.165, 1.54) is 7.11 Å². The van der Waals surface area contributed by atoms with Gasteiger partial charge in [-0.2, -0.15) is 0 Å². The van der Waals surface area contributed by atoms with Crippen molar-refractivity contribution in [3.8, 4) is 5.75 Å². The highest BCUT2D eigenvalue weighted by Gasteiger charge is 2.28. The number of hydrogen-bond donors (Lipinski definition) is 1. The second-order valence-electron chi connectivity index (χ2n) is 7.60. The fraction of sp³-hybridized carbons (Fsp3) is 0.115. The minimum absolute atomic E-state index is 0.108. The molecule has 4 aromatic rings. The van der Waals surface area contributed by atoms with E-state index in [-0.39, 0.29) is 17.1 Å². The molecule has 7 heteroatoms. The molecule has 1 amide bonds. The van der Waals surface area contributed by atoms with E-state index in [1.54, 1.807) is 60.4 Å². The first-order valence-electron chi connectivity index (χ1n) is 10.5. The summed E-state index contributed by atoms with van der Waals surface area (Å²) in [6, 6.07) is 19.9. The molecular weight excluding hydrogens is 434 g/mol. The van der Waals surface area contributed by atoms with Crippen LogP contribution in [0.3, 0.4) is 0 Å². The van der Waals surface area contributed by atoms with Crippen LogP contribution in [0.25, 0.3) is 0 Å². The first-order valence-corrected chi connectivity index (χ1v) is 11.5. The lowest BCUT2D eigenvalue weighted by atomic mass is 10.0. The topological polar surface area (TPSA) is 73.2 Å². The number of ketones is 1. The van der Waals surface area contributed by atoms with E-state index >= 15 is 0 Å². The summed E-state index contributed by atoms with van der Waals surface area (Å²) < 4.78 is 7.44. The van der Waals surface area contributed by atoms with Gasteiger partial charge in [-0.15, -0.1) is 11.8 Å². The van der Waals surface area contributed by atoms with Crippen molar-refractivity contribution in [3.05, 3.63) is 113 Å². The third-order valence-corrected chi connectivity index (χ3v) is 6.86. The van der Waals surface area contributed by atoms with Gasteiger partial charge in [0.25, 0.3) is 5.91 Å². The van der Waals surface area contributed by atoms with Gasteiger partial charge >= 0.3 is 0 Å². The van der Waals surface area contributed by atoms with Crippen molar-refractivity contribution >= 4 is 29.1 Å². The molecule has 3 heterocycles. The number of thioether (sulfide) groups is 1. The minimum atomic E-state index is -0.196. The van der Waals surface area contributed by atoms with Gasteiger partial charge in [-0.1, -0.05) is 30.3 Å². The molecule has 164 valence electrons. The summed E-state index contributed by atoms with van der Waals surface area (Å²) in [4.78, 5) is 30.3. The predicted molar refractivity (Wildman–Crippen MR) is 129 cm³/mol. The van der Waals surface area contributed by atoms with E-state index in [9.17, 15) is 9.59 Å². The molecule has 0 saturated carbocycles. The molecule has 0 aliphatic carbocycles. The van der Waals surface area contributed by atoms with Gasteiger partial charge in [0.1, 0.15) is 11.1 Å². The van der Waals surface area contributed by atoms with Crippen molar-refractivity contribution in [1.29, 1.82) is 0 Å². The molecule has 0 bridgehead atoms. The Kier molecular flexibility index (Phi) is 5.71. The first kappa shape index (κ1) is 21.0. The van der Waals surface area contributed by atoms with E-state index in [0.717, 1.165) is 17.0 Å². The summed E-state index contributed by atoms with van der Waals surface area (Å²) in [5.74, 6) is 0.894. The van der Waals surface area contributed by atoms with E-state index < -0.39 is 0 Å². The van der Waals surface area contributed by atoms with Crippen LogP contribution in [0.4, 0.5) is 5.69 Å². The number of rotatable bonds is 6. The molecule has 1 N–H and O–H groups in total. The average molecular weight is 456 g/mol. The molecule has 1 aliphatic rings. The van der Waals surface area contributed by atoms with Gasteiger partial charge < -0.3 is 14.6 Å². The maximum atomic E-state index is 13.1. The number of nitrogens with zero attached hydrogens (tertiary/aromatic N) is 2. The molecule has 0 fully saturated rings. The van der Waals surface area contributed by atoms with Crippen molar-refractivity contribution < 1.29 is 14.3 Å². The fourth-order valence-corrected chi connectivity index (χ4v) is 5.31. The average Bonchev–Trinajstić information content (AvgIpc) is 3.47. The Hall–Kier alpha value is -3.84. The number of nitrogens with one attached hydrogen (secondary N) is 1. The van der Waals surface area contributed by atoms with Crippen LogP contribution in [0.2, 0.25) is 0 Å². The van der Waals surface area contributed by atoms with Crippen LogP contribution >= 0.6 is 11.8 Å². The standard InChI is InChI=1S/C26H21N3O3S/c1-32-23-10-3-2-9-21(23)24(30)17-6-4-8-19(14-17)28-25(31)20-11-13-29-22(20)16-33-26(29)18-7-5-12-27-15-18/h2-15,26H,16H2,1H3,(H,28,31). The van der Waals surface area contributed by atoms with E-state index in [1.807, 2.05) is 36.7 Å². The molecule has 1 atom stereocenters. The summed E-state index contributed by atoms with van der Waals surface area (Å²) >= 11 is 1.76. The molecule has 2 aromatic carbocycles. The zero-order chi connectivity index (χ0) is 22.8. The number of hydrogen-bond acceptors (Lipinski definition) is 5. The Morgan fingerprint density at radius 1 is 1.06 bits per heavy atom. The summed E-state index contributed by atoms with van der Waals surface area (Å²) in [5.41, 5.74) is 4.24. The number of anilines is 1.